The molecule has 1 heterocycles. The molecule has 5 nitrogen and oxygen atoms in total. The van der Waals surface area contributed by atoms with E-state index in [1.165, 1.54) is 30.6 Å². The summed E-state index contributed by atoms with van der Waals surface area (Å²) in [5.41, 5.74) is 0.751. The predicted molar refractivity (Wildman–Crippen MR) is 91.1 cm³/mol. The minimum absolute atomic E-state index is 0.161. The maximum atomic E-state index is 12.4. The van der Waals surface area contributed by atoms with Crippen LogP contribution >= 0.6 is 27.3 Å². The quantitative estimate of drug-likeness (QED) is 0.723. The number of methoxy groups -OCH3 is 1. The van der Waals surface area contributed by atoms with Gasteiger partial charge in [0.15, 0.2) is 5.13 Å². The van der Waals surface area contributed by atoms with Gasteiger partial charge in [-0.1, -0.05) is 27.3 Å². The van der Waals surface area contributed by atoms with Crippen molar-refractivity contribution in [3.63, 3.8) is 0 Å². The highest BCUT2D eigenvalue weighted by atomic mass is 79.9. The lowest BCUT2D eigenvalue weighted by atomic mass is 10.3. The Bertz CT molecular complexity index is 921. The van der Waals surface area contributed by atoms with Gasteiger partial charge >= 0.3 is 0 Å². The molecule has 0 unspecified atom stereocenters. The Balaban J connectivity index is 1.91. The lowest BCUT2D eigenvalue weighted by molar-refractivity contribution is 0.414. The van der Waals surface area contributed by atoms with Crippen molar-refractivity contribution in [2.24, 2.45) is 0 Å². The maximum Gasteiger partial charge on any atom is 0.263 e. The lowest BCUT2D eigenvalue weighted by Gasteiger charge is -2.05. The third-order valence-electron chi connectivity index (χ3n) is 2.94. The van der Waals surface area contributed by atoms with E-state index in [0.29, 0.717) is 10.9 Å². The number of halogens is 1. The molecule has 1 N–H and O–H groups in total. The molecule has 0 spiro atoms. The van der Waals surface area contributed by atoms with Crippen LogP contribution in [0.25, 0.3) is 10.2 Å². The fourth-order valence-corrected chi connectivity index (χ4v) is 4.52. The van der Waals surface area contributed by atoms with Crippen molar-refractivity contribution in [2.75, 3.05) is 11.8 Å². The zero-order chi connectivity index (χ0) is 15.7. The van der Waals surface area contributed by atoms with Gasteiger partial charge in [0.1, 0.15) is 5.75 Å². The maximum absolute atomic E-state index is 12.4. The van der Waals surface area contributed by atoms with Crippen LogP contribution in [0.5, 0.6) is 5.75 Å². The molecule has 8 heteroatoms. The summed E-state index contributed by atoms with van der Waals surface area (Å²) in [7, 11) is -2.14. The van der Waals surface area contributed by atoms with Crippen molar-refractivity contribution < 1.29 is 13.2 Å². The molecule has 0 aliphatic heterocycles. The monoisotopic (exact) mass is 398 g/mol. The Morgan fingerprint density at radius 2 is 1.91 bits per heavy atom. The third-order valence-corrected chi connectivity index (χ3v) is 5.85. The number of sulfonamides is 1. The van der Waals surface area contributed by atoms with Crippen molar-refractivity contribution in [1.29, 1.82) is 0 Å². The number of anilines is 1. The van der Waals surface area contributed by atoms with Gasteiger partial charge in [0, 0.05) is 4.47 Å². The first-order valence-corrected chi connectivity index (χ1v) is 9.30. The van der Waals surface area contributed by atoms with E-state index in [1.807, 2.05) is 18.2 Å². The van der Waals surface area contributed by atoms with Crippen LogP contribution < -0.4 is 9.46 Å². The molecule has 0 bridgehead atoms. The Morgan fingerprint density at radius 3 is 2.59 bits per heavy atom. The van der Waals surface area contributed by atoms with E-state index < -0.39 is 10.0 Å². The van der Waals surface area contributed by atoms with Gasteiger partial charge in [-0.15, -0.1) is 0 Å². The van der Waals surface area contributed by atoms with E-state index in [4.69, 9.17) is 4.74 Å². The lowest BCUT2D eigenvalue weighted by Crippen LogP contribution is -2.12. The zero-order valence-electron chi connectivity index (χ0n) is 11.4. The fraction of sp³-hybridized carbons (Fsp3) is 0.0714. The number of hydrogen-bond donors (Lipinski definition) is 1. The summed E-state index contributed by atoms with van der Waals surface area (Å²) in [6.45, 7) is 0. The Hall–Kier alpha value is -1.64. The molecule has 0 radical (unpaired) electrons. The minimum atomic E-state index is -3.67. The van der Waals surface area contributed by atoms with E-state index in [2.05, 4.69) is 25.6 Å². The van der Waals surface area contributed by atoms with Gasteiger partial charge in [-0.2, -0.15) is 0 Å². The summed E-state index contributed by atoms with van der Waals surface area (Å²) >= 11 is 4.67. The normalized spacial score (nSPS) is 11.5. The van der Waals surface area contributed by atoms with E-state index >= 15 is 0 Å². The highest BCUT2D eigenvalue weighted by molar-refractivity contribution is 9.10. The SMILES string of the molecule is COc1ccc(S(=O)(=O)Nc2nc3ccc(Br)cc3s2)cc1. The first kappa shape index (κ1) is 15.3. The van der Waals surface area contributed by atoms with Crippen LogP contribution in [0.15, 0.2) is 51.8 Å². The smallest absolute Gasteiger partial charge is 0.263 e. The molecule has 2 aromatic carbocycles. The predicted octanol–water partition coefficient (Wildman–Crippen LogP) is 3.87. The molecule has 0 amide bonds. The molecule has 0 atom stereocenters. The van der Waals surface area contributed by atoms with Crippen LogP contribution in [-0.4, -0.2) is 20.5 Å². The van der Waals surface area contributed by atoms with Gasteiger partial charge in [-0.3, -0.25) is 4.72 Å². The number of thiazole rings is 1. The summed E-state index contributed by atoms with van der Waals surface area (Å²) in [5.74, 6) is 0.601. The summed E-state index contributed by atoms with van der Waals surface area (Å²) < 4.78 is 34.1. The topological polar surface area (TPSA) is 68.3 Å². The number of hydrogen-bond acceptors (Lipinski definition) is 5. The summed E-state index contributed by atoms with van der Waals surface area (Å²) in [6.07, 6.45) is 0. The number of nitrogens with one attached hydrogen (secondary N) is 1. The second kappa shape index (κ2) is 5.86. The van der Waals surface area contributed by atoms with Crippen LogP contribution in [0.2, 0.25) is 0 Å². The first-order chi connectivity index (χ1) is 10.5. The average molecular weight is 399 g/mol. The molecule has 3 rings (SSSR count). The van der Waals surface area contributed by atoms with Crippen LogP contribution in [0.1, 0.15) is 0 Å². The molecule has 3 aromatic rings. The highest BCUT2D eigenvalue weighted by Gasteiger charge is 2.16. The minimum Gasteiger partial charge on any atom is -0.497 e. The van der Waals surface area contributed by atoms with Crippen molar-refractivity contribution in [1.82, 2.24) is 4.98 Å². The second-order valence-corrected chi connectivity index (χ2v) is 8.04. The Kier molecular flexibility index (Phi) is 4.07. The molecular weight excluding hydrogens is 388 g/mol. The number of aromatic nitrogens is 1. The summed E-state index contributed by atoms with van der Waals surface area (Å²) in [5, 5.41) is 0.337. The standard InChI is InChI=1S/C14H11BrN2O3S2/c1-20-10-3-5-11(6-4-10)22(18,19)17-14-16-12-7-2-9(15)8-13(12)21-14/h2-8H,1H3,(H,16,17). The molecular formula is C14H11BrN2O3S2. The number of ether oxygens (including phenoxy) is 1. The molecule has 114 valence electrons. The molecule has 0 saturated heterocycles. The van der Waals surface area contributed by atoms with Gasteiger partial charge in [0.05, 0.1) is 22.2 Å². The van der Waals surface area contributed by atoms with Crippen molar-refractivity contribution >= 4 is 52.6 Å². The molecule has 0 aliphatic carbocycles. The van der Waals surface area contributed by atoms with Crippen LogP contribution in [0.3, 0.4) is 0 Å². The Morgan fingerprint density at radius 1 is 1.18 bits per heavy atom. The van der Waals surface area contributed by atoms with Crippen LogP contribution in [0, 0.1) is 0 Å². The van der Waals surface area contributed by atoms with E-state index in [1.54, 1.807) is 12.1 Å². The van der Waals surface area contributed by atoms with Crippen molar-refractivity contribution in [3.05, 3.63) is 46.9 Å². The molecule has 0 fully saturated rings. The van der Waals surface area contributed by atoms with E-state index in [-0.39, 0.29) is 4.90 Å². The molecule has 22 heavy (non-hydrogen) atoms. The molecule has 0 saturated carbocycles. The van der Waals surface area contributed by atoms with Gasteiger partial charge in [0.25, 0.3) is 10.0 Å². The van der Waals surface area contributed by atoms with Gasteiger partial charge in [0.2, 0.25) is 0 Å². The number of nitrogens with zero attached hydrogens (tertiary/aromatic N) is 1. The number of fused-ring (bicyclic) bond motifs is 1. The first-order valence-electron chi connectivity index (χ1n) is 6.21. The van der Waals surface area contributed by atoms with Crippen LogP contribution in [0.4, 0.5) is 5.13 Å². The average Bonchev–Trinajstić information content (AvgIpc) is 2.87. The van der Waals surface area contributed by atoms with E-state index in [0.717, 1.165) is 14.7 Å². The number of rotatable bonds is 4. The number of benzene rings is 2. The summed E-state index contributed by atoms with van der Waals surface area (Å²) in [6, 6.07) is 11.8. The van der Waals surface area contributed by atoms with E-state index in [9.17, 15) is 8.42 Å². The summed E-state index contributed by atoms with van der Waals surface area (Å²) in [4.78, 5) is 4.44. The van der Waals surface area contributed by atoms with Crippen LogP contribution in [-0.2, 0) is 10.0 Å². The zero-order valence-corrected chi connectivity index (χ0v) is 14.6. The third kappa shape index (κ3) is 3.08. The van der Waals surface area contributed by atoms with Gasteiger partial charge in [-0.05, 0) is 42.5 Å². The largest absolute Gasteiger partial charge is 0.497 e. The highest BCUT2D eigenvalue weighted by Crippen LogP contribution is 2.30. The fourth-order valence-electron chi connectivity index (χ4n) is 1.87. The van der Waals surface area contributed by atoms with Gasteiger partial charge in [-0.25, -0.2) is 13.4 Å². The van der Waals surface area contributed by atoms with Crippen molar-refractivity contribution in [3.8, 4) is 5.75 Å². The molecule has 0 aliphatic rings. The molecule has 1 aromatic heterocycles. The Labute approximate surface area is 140 Å². The van der Waals surface area contributed by atoms with Gasteiger partial charge < -0.3 is 4.74 Å². The van der Waals surface area contributed by atoms with Crippen molar-refractivity contribution in [2.45, 2.75) is 4.90 Å². The second-order valence-electron chi connectivity index (χ2n) is 4.41.